The molecular formula is C14H16FNO2. The fourth-order valence-electron chi connectivity index (χ4n) is 2.25. The second-order valence-electron chi connectivity index (χ2n) is 4.69. The van der Waals surface area contributed by atoms with Crippen molar-refractivity contribution in [2.24, 2.45) is 5.92 Å². The molecule has 0 aliphatic heterocycles. The zero-order valence-corrected chi connectivity index (χ0v) is 10.4. The Morgan fingerprint density at radius 2 is 1.78 bits per heavy atom. The molecule has 1 amide bonds. The van der Waals surface area contributed by atoms with Gasteiger partial charge < -0.3 is 4.90 Å². The molecule has 0 atom stereocenters. The van der Waals surface area contributed by atoms with E-state index in [0.717, 1.165) is 0 Å². The molecule has 4 heteroatoms. The van der Waals surface area contributed by atoms with E-state index < -0.39 is 0 Å². The van der Waals surface area contributed by atoms with E-state index in [-0.39, 0.29) is 23.4 Å². The number of halogens is 1. The van der Waals surface area contributed by atoms with Gasteiger partial charge in [0.05, 0.1) is 0 Å². The summed E-state index contributed by atoms with van der Waals surface area (Å²) in [6.07, 6.45) is 2.24. The second kappa shape index (κ2) is 5.29. The van der Waals surface area contributed by atoms with E-state index in [1.807, 2.05) is 0 Å². The highest BCUT2D eigenvalue weighted by atomic mass is 19.1. The van der Waals surface area contributed by atoms with E-state index in [9.17, 15) is 14.0 Å². The maximum absolute atomic E-state index is 12.8. The first kappa shape index (κ1) is 12.7. The highest BCUT2D eigenvalue weighted by Gasteiger charge is 2.27. The molecule has 0 radical (unpaired) electrons. The van der Waals surface area contributed by atoms with E-state index in [4.69, 9.17) is 0 Å². The van der Waals surface area contributed by atoms with Crippen LogP contribution in [-0.4, -0.2) is 18.7 Å². The summed E-state index contributed by atoms with van der Waals surface area (Å²) in [5.41, 5.74) is 0.679. The number of benzene rings is 1. The lowest BCUT2D eigenvalue weighted by atomic mass is 9.87. The van der Waals surface area contributed by atoms with Gasteiger partial charge in [-0.25, -0.2) is 4.39 Å². The Morgan fingerprint density at radius 3 is 2.33 bits per heavy atom. The predicted molar refractivity (Wildman–Crippen MR) is 66.8 cm³/mol. The molecule has 1 saturated carbocycles. The van der Waals surface area contributed by atoms with Gasteiger partial charge in [0.25, 0.3) is 0 Å². The molecule has 96 valence electrons. The summed E-state index contributed by atoms with van der Waals surface area (Å²) in [4.78, 5) is 24.9. The number of anilines is 1. The number of hydrogen-bond acceptors (Lipinski definition) is 2. The molecular weight excluding hydrogens is 233 g/mol. The largest absolute Gasteiger partial charge is 0.315 e. The minimum Gasteiger partial charge on any atom is -0.315 e. The molecule has 1 aromatic carbocycles. The average molecular weight is 249 g/mol. The van der Waals surface area contributed by atoms with Gasteiger partial charge in [0.1, 0.15) is 11.6 Å². The summed E-state index contributed by atoms with van der Waals surface area (Å²) in [5.74, 6) is -0.154. The number of Topliss-reactive ketones (excluding diaryl/α,β-unsaturated/α-hetero) is 1. The van der Waals surface area contributed by atoms with Crippen LogP contribution in [0.25, 0.3) is 0 Å². The first-order valence-electron chi connectivity index (χ1n) is 6.13. The van der Waals surface area contributed by atoms with Crippen LogP contribution in [0.5, 0.6) is 0 Å². The lowest BCUT2D eigenvalue weighted by Crippen LogP contribution is -2.35. The number of hydrogen-bond donors (Lipinski definition) is 0. The van der Waals surface area contributed by atoms with E-state index in [1.165, 1.54) is 12.1 Å². The number of nitrogens with zero attached hydrogens (tertiary/aromatic N) is 1. The lowest BCUT2D eigenvalue weighted by molar-refractivity contribution is -0.126. The molecule has 0 aromatic heterocycles. The standard InChI is InChI=1S/C14H16FNO2/c1-16(12-6-4-11(15)5-7-12)14(18)10-2-8-13(17)9-3-10/h4-7,10H,2-3,8-9H2,1H3. The zero-order valence-electron chi connectivity index (χ0n) is 10.4. The third kappa shape index (κ3) is 2.75. The van der Waals surface area contributed by atoms with Crippen molar-refractivity contribution in [3.05, 3.63) is 30.1 Å². The van der Waals surface area contributed by atoms with Crippen molar-refractivity contribution in [1.82, 2.24) is 0 Å². The molecule has 1 aliphatic rings. The van der Waals surface area contributed by atoms with Gasteiger partial charge in [-0.15, -0.1) is 0 Å². The smallest absolute Gasteiger partial charge is 0.229 e. The molecule has 0 spiro atoms. The van der Waals surface area contributed by atoms with E-state index in [1.54, 1.807) is 24.1 Å². The summed E-state index contributed by atoms with van der Waals surface area (Å²) in [6, 6.07) is 5.84. The fraction of sp³-hybridized carbons (Fsp3) is 0.429. The van der Waals surface area contributed by atoms with Crippen LogP contribution in [0, 0.1) is 11.7 Å². The zero-order chi connectivity index (χ0) is 13.1. The Morgan fingerprint density at radius 1 is 1.22 bits per heavy atom. The highest BCUT2D eigenvalue weighted by Crippen LogP contribution is 2.25. The predicted octanol–water partition coefficient (Wildman–Crippen LogP) is 2.55. The van der Waals surface area contributed by atoms with Crippen molar-refractivity contribution in [2.75, 3.05) is 11.9 Å². The molecule has 0 unspecified atom stereocenters. The topological polar surface area (TPSA) is 37.4 Å². The van der Waals surface area contributed by atoms with E-state index >= 15 is 0 Å². The van der Waals surface area contributed by atoms with Gasteiger partial charge in [0.15, 0.2) is 0 Å². The van der Waals surface area contributed by atoms with Crippen LogP contribution < -0.4 is 4.90 Å². The van der Waals surface area contributed by atoms with Crippen molar-refractivity contribution in [3.8, 4) is 0 Å². The summed E-state index contributed by atoms with van der Waals surface area (Å²) in [6.45, 7) is 0. The Balaban J connectivity index is 2.04. The van der Waals surface area contributed by atoms with Crippen LogP contribution in [0.15, 0.2) is 24.3 Å². The van der Waals surface area contributed by atoms with Gasteiger partial charge in [-0.3, -0.25) is 9.59 Å². The molecule has 18 heavy (non-hydrogen) atoms. The number of rotatable bonds is 2. The van der Waals surface area contributed by atoms with E-state index in [0.29, 0.717) is 31.4 Å². The Kier molecular flexibility index (Phi) is 3.75. The monoisotopic (exact) mass is 249 g/mol. The summed E-state index contributed by atoms with van der Waals surface area (Å²) < 4.78 is 12.8. The molecule has 3 nitrogen and oxygen atoms in total. The first-order chi connectivity index (χ1) is 8.58. The molecule has 2 rings (SSSR count). The van der Waals surface area contributed by atoms with Gasteiger partial charge in [-0.1, -0.05) is 0 Å². The number of ketones is 1. The number of amides is 1. The Hall–Kier alpha value is -1.71. The summed E-state index contributed by atoms with van der Waals surface area (Å²) >= 11 is 0. The molecule has 0 saturated heterocycles. The normalized spacial score (nSPS) is 16.7. The van der Waals surface area contributed by atoms with Crippen molar-refractivity contribution >= 4 is 17.4 Å². The molecule has 0 heterocycles. The van der Waals surface area contributed by atoms with Crippen LogP contribution in [0.3, 0.4) is 0 Å². The van der Waals surface area contributed by atoms with Crippen LogP contribution in [-0.2, 0) is 9.59 Å². The molecule has 1 fully saturated rings. The quantitative estimate of drug-likeness (QED) is 0.807. The minimum absolute atomic E-state index is 0.00843. The highest BCUT2D eigenvalue weighted by molar-refractivity contribution is 5.95. The molecule has 1 aromatic rings. The van der Waals surface area contributed by atoms with Crippen LogP contribution in [0.1, 0.15) is 25.7 Å². The number of carbonyl (C=O) groups is 2. The SMILES string of the molecule is CN(C(=O)C1CCC(=O)CC1)c1ccc(F)cc1. The van der Waals surface area contributed by atoms with Gasteiger partial charge in [0.2, 0.25) is 5.91 Å². The summed E-state index contributed by atoms with van der Waals surface area (Å²) in [7, 11) is 1.69. The summed E-state index contributed by atoms with van der Waals surface area (Å²) in [5, 5.41) is 0. The molecule has 0 bridgehead atoms. The average Bonchev–Trinajstić information content (AvgIpc) is 2.39. The van der Waals surface area contributed by atoms with Crippen molar-refractivity contribution in [1.29, 1.82) is 0 Å². The molecule has 1 aliphatic carbocycles. The third-order valence-corrected chi connectivity index (χ3v) is 3.44. The number of carbonyl (C=O) groups excluding carboxylic acids is 2. The first-order valence-corrected chi connectivity index (χ1v) is 6.13. The Labute approximate surface area is 106 Å². The van der Waals surface area contributed by atoms with Crippen LogP contribution >= 0.6 is 0 Å². The lowest BCUT2D eigenvalue weighted by Gasteiger charge is -2.26. The van der Waals surface area contributed by atoms with Crippen molar-refractivity contribution in [3.63, 3.8) is 0 Å². The van der Waals surface area contributed by atoms with Crippen molar-refractivity contribution < 1.29 is 14.0 Å². The molecule has 0 N–H and O–H groups in total. The second-order valence-corrected chi connectivity index (χ2v) is 4.69. The third-order valence-electron chi connectivity index (χ3n) is 3.44. The fourth-order valence-corrected chi connectivity index (χ4v) is 2.25. The maximum atomic E-state index is 12.8. The Bertz CT molecular complexity index is 445. The van der Waals surface area contributed by atoms with Gasteiger partial charge in [-0.2, -0.15) is 0 Å². The van der Waals surface area contributed by atoms with Gasteiger partial charge in [-0.05, 0) is 37.1 Å². The van der Waals surface area contributed by atoms with Crippen LogP contribution in [0.2, 0.25) is 0 Å². The van der Waals surface area contributed by atoms with Gasteiger partial charge >= 0.3 is 0 Å². The van der Waals surface area contributed by atoms with Gasteiger partial charge in [0, 0.05) is 31.5 Å². The van der Waals surface area contributed by atoms with Crippen molar-refractivity contribution in [2.45, 2.75) is 25.7 Å². The van der Waals surface area contributed by atoms with E-state index in [2.05, 4.69) is 0 Å². The maximum Gasteiger partial charge on any atom is 0.229 e. The minimum atomic E-state index is -0.317. The van der Waals surface area contributed by atoms with Crippen LogP contribution in [0.4, 0.5) is 10.1 Å².